The highest BCUT2D eigenvalue weighted by Gasteiger charge is 2.16. The fraction of sp³-hybridized carbons (Fsp3) is 0.615. The number of carbonyl (C=O) groups excluding carboxylic acids is 1. The third-order valence-electron chi connectivity index (χ3n) is 2.44. The summed E-state index contributed by atoms with van der Waals surface area (Å²) in [6, 6.07) is 0. The molecule has 100 valence electrons. The fourth-order valence-corrected chi connectivity index (χ4v) is 1.52. The molecule has 1 rings (SSSR count). The quantitative estimate of drug-likeness (QED) is 0.886. The number of nitrogens with one attached hydrogen (secondary N) is 1. The lowest BCUT2D eigenvalue weighted by Crippen LogP contribution is -2.40. The Balaban J connectivity index is 2.79. The zero-order chi connectivity index (χ0) is 13.8. The molecule has 0 aliphatic rings. The Hall–Kier alpha value is -1.65. The van der Waals surface area contributed by atoms with Crippen LogP contribution in [0.3, 0.4) is 0 Å². The molecule has 0 fully saturated rings. The van der Waals surface area contributed by atoms with Crippen LogP contribution in [0.15, 0.2) is 12.4 Å². The van der Waals surface area contributed by atoms with Crippen LogP contribution >= 0.6 is 0 Å². The van der Waals surface area contributed by atoms with Gasteiger partial charge < -0.3 is 10.2 Å². The number of hydrogen-bond donors (Lipinski definition) is 1. The summed E-state index contributed by atoms with van der Waals surface area (Å²) in [7, 11) is 0. The molecule has 0 aliphatic heterocycles. The molecular formula is C13H22N4O. The van der Waals surface area contributed by atoms with Crippen molar-refractivity contribution in [2.24, 2.45) is 0 Å². The molecule has 0 aliphatic carbocycles. The molecule has 5 nitrogen and oxygen atoms in total. The molecule has 1 aromatic rings. The summed E-state index contributed by atoms with van der Waals surface area (Å²) < 4.78 is 0. The van der Waals surface area contributed by atoms with Crippen molar-refractivity contribution in [3.05, 3.63) is 18.0 Å². The van der Waals surface area contributed by atoms with E-state index >= 15 is 0 Å². The van der Waals surface area contributed by atoms with E-state index in [1.54, 1.807) is 12.4 Å². The molecule has 5 heteroatoms. The minimum atomic E-state index is -0.255. The van der Waals surface area contributed by atoms with Gasteiger partial charge >= 0.3 is 0 Å². The predicted molar refractivity (Wildman–Crippen MR) is 72.8 cm³/mol. The van der Waals surface area contributed by atoms with Crippen molar-refractivity contribution in [3.8, 4) is 0 Å². The van der Waals surface area contributed by atoms with Gasteiger partial charge in [0.25, 0.3) is 5.91 Å². The number of amides is 1. The molecule has 0 saturated carbocycles. The van der Waals surface area contributed by atoms with Gasteiger partial charge in [0.15, 0.2) is 0 Å². The molecule has 1 N–H and O–H groups in total. The van der Waals surface area contributed by atoms with E-state index in [4.69, 9.17) is 0 Å². The second-order valence-electron chi connectivity index (χ2n) is 5.15. The zero-order valence-electron chi connectivity index (χ0n) is 11.8. The maximum Gasteiger partial charge on any atom is 0.254 e. The Labute approximate surface area is 109 Å². The van der Waals surface area contributed by atoms with E-state index < -0.39 is 0 Å². The lowest BCUT2D eigenvalue weighted by molar-refractivity contribution is 0.0919. The van der Waals surface area contributed by atoms with Gasteiger partial charge in [-0.2, -0.15) is 0 Å². The summed E-state index contributed by atoms with van der Waals surface area (Å²) in [5, 5.41) is 2.88. The molecule has 1 amide bonds. The van der Waals surface area contributed by atoms with Crippen LogP contribution in [-0.2, 0) is 0 Å². The molecule has 1 heterocycles. The van der Waals surface area contributed by atoms with Gasteiger partial charge in [-0.1, -0.05) is 0 Å². The van der Waals surface area contributed by atoms with Gasteiger partial charge in [0, 0.05) is 31.0 Å². The van der Waals surface area contributed by atoms with Crippen LogP contribution in [0.25, 0.3) is 0 Å². The summed E-state index contributed by atoms with van der Waals surface area (Å²) in [5.74, 6) is 0.515. The Bertz CT molecular complexity index is 390. The van der Waals surface area contributed by atoms with Gasteiger partial charge in [0.1, 0.15) is 0 Å². The Kier molecular flexibility index (Phi) is 4.64. The van der Waals surface area contributed by atoms with Gasteiger partial charge in [0.2, 0.25) is 5.95 Å². The number of rotatable bonds is 4. The largest absolute Gasteiger partial charge is 0.347 e. The standard InChI is InChI=1S/C13H22N4O/c1-6-17(7-2)12-14-8-10(9-15-12)11(18)16-13(3,4)5/h8-9H,6-7H2,1-5H3,(H,16,18). The van der Waals surface area contributed by atoms with Gasteiger partial charge in [0.05, 0.1) is 5.56 Å². The molecule has 18 heavy (non-hydrogen) atoms. The van der Waals surface area contributed by atoms with E-state index in [1.807, 2.05) is 39.5 Å². The third kappa shape index (κ3) is 3.98. The Morgan fingerprint density at radius 2 is 1.72 bits per heavy atom. The first-order valence-electron chi connectivity index (χ1n) is 6.27. The lowest BCUT2D eigenvalue weighted by Gasteiger charge is -2.21. The van der Waals surface area contributed by atoms with Crippen LogP contribution in [0.4, 0.5) is 5.95 Å². The van der Waals surface area contributed by atoms with E-state index in [0.717, 1.165) is 13.1 Å². The van der Waals surface area contributed by atoms with Gasteiger partial charge in [-0.25, -0.2) is 9.97 Å². The summed E-state index contributed by atoms with van der Waals surface area (Å²) in [4.78, 5) is 22.4. The maximum atomic E-state index is 11.9. The van der Waals surface area contributed by atoms with E-state index in [9.17, 15) is 4.79 Å². The van der Waals surface area contributed by atoms with Gasteiger partial charge in [-0.05, 0) is 34.6 Å². The van der Waals surface area contributed by atoms with Crippen molar-refractivity contribution in [1.29, 1.82) is 0 Å². The topological polar surface area (TPSA) is 58.1 Å². The van der Waals surface area contributed by atoms with Gasteiger partial charge in [-0.3, -0.25) is 4.79 Å². The molecule has 0 radical (unpaired) electrons. The van der Waals surface area contributed by atoms with Crippen molar-refractivity contribution in [2.75, 3.05) is 18.0 Å². The number of anilines is 1. The number of nitrogens with zero attached hydrogens (tertiary/aromatic N) is 3. The highest BCUT2D eigenvalue weighted by Crippen LogP contribution is 2.08. The van der Waals surface area contributed by atoms with Crippen LogP contribution in [0.5, 0.6) is 0 Å². The average Bonchev–Trinajstić information content (AvgIpc) is 2.29. The third-order valence-corrected chi connectivity index (χ3v) is 2.44. The van der Waals surface area contributed by atoms with Crippen molar-refractivity contribution in [1.82, 2.24) is 15.3 Å². The minimum Gasteiger partial charge on any atom is -0.347 e. The van der Waals surface area contributed by atoms with E-state index in [-0.39, 0.29) is 11.4 Å². The first kappa shape index (κ1) is 14.4. The van der Waals surface area contributed by atoms with Crippen LogP contribution in [0.2, 0.25) is 0 Å². The normalized spacial score (nSPS) is 11.2. The van der Waals surface area contributed by atoms with Gasteiger partial charge in [-0.15, -0.1) is 0 Å². The molecule has 0 atom stereocenters. The minimum absolute atomic E-state index is 0.145. The predicted octanol–water partition coefficient (Wildman–Crippen LogP) is 1.85. The van der Waals surface area contributed by atoms with Crippen molar-refractivity contribution >= 4 is 11.9 Å². The lowest BCUT2D eigenvalue weighted by atomic mass is 10.1. The SMILES string of the molecule is CCN(CC)c1ncc(C(=O)NC(C)(C)C)cn1. The molecule has 0 spiro atoms. The van der Waals surface area contributed by atoms with Crippen LogP contribution < -0.4 is 10.2 Å². The highest BCUT2D eigenvalue weighted by atomic mass is 16.1. The fourth-order valence-electron chi connectivity index (χ4n) is 1.52. The Morgan fingerprint density at radius 3 is 2.11 bits per heavy atom. The summed E-state index contributed by atoms with van der Waals surface area (Å²) in [6.45, 7) is 11.6. The number of aromatic nitrogens is 2. The highest BCUT2D eigenvalue weighted by molar-refractivity contribution is 5.94. The van der Waals surface area contributed by atoms with Crippen LogP contribution in [-0.4, -0.2) is 34.5 Å². The van der Waals surface area contributed by atoms with Crippen molar-refractivity contribution in [2.45, 2.75) is 40.2 Å². The molecule has 0 bridgehead atoms. The summed E-state index contributed by atoms with van der Waals surface area (Å²) in [6.07, 6.45) is 3.14. The monoisotopic (exact) mass is 250 g/mol. The van der Waals surface area contributed by atoms with E-state index in [1.165, 1.54) is 0 Å². The maximum absolute atomic E-state index is 11.9. The average molecular weight is 250 g/mol. The van der Waals surface area contributed by atoms with E-state index in [0.29, 0.717) is 11.5 Å². The second-order valence-corrected chi connectivity index (χ2v) is 5.15. The Morgan fingerprint density at radius 1 is 1.22 bits per heavy atom. The molecular weight excluding hydrogens is 228 g/mol. The van der Waals surface area contributed by atoms with Crippen molar-refractivity contribution < 1.29 is 4.79 Å². The zero-order valence-corrected chi connectivity index (χ0v) is 11.8. The number of hydrogen-bond acceptors (Lipinski definition) is 4. The molecule has 0 unspecified atom stereocenters. The number of carbonyl (C=O) groups is 1. The molecule has 1 aromatic heterocycles. The summed E-state index contributed by atoms with van der Waals surface area (Å²) in [5.41, 5.74) is 0.232. The smallest absolute Gasteiger partial charge is 0.254 e. The first-order valence-corrected chi connectivity index (χ1v) is 6.27. The first-order chi connectivity index (χ1) is 8.37. The second kappa shape index (κ2) is 5.80. The molecule has 0 aromatic carbocycles. The van der Waals surface area contributed by atoms with Crippen molar-refractivity contribution in [3.63, 3.8) is 0 Å². The molecule has 0 saturated heterocycles. The van der Waals surface area contributed by atoms with E-state index in [2.05, 4.69) is 15.3 Å². The van der Waals surface area contributed by atoms with Crippen LogP contribution in [0.1, 0.15) is 45.0 Å². The summed E-state index contributed by atoms with van der Waals surface area (Å²) >= 11 is 0. The van der Waals surface area contributed by atoms with Crippen LogP contribution in [0, 0.1) is 0 Å².